The number of aromatic nitrogens is 3. The molecule has 33 heavy (non-hydrogen) atoms. The fraction of sp³-hybridized carbons (Fsp3) is 0.880. The molecule has 0 spiro atoms. The molecule has 1 unspecified atom stereocenters. The average molecular weight is 502 g/mol. The van der Waals surface area contributed by atoms with E-state index in [1.54, 1.807) is 0 Å². The zero-order valence-corrected chi connectivity index (χ0v) is 23.6. The van der Waals surface area contributed by atoms with Crippen LogP contribution in [0.1, 0.15) is 87.0 Å². The highest BCUT2D eigenvalue weighted by Gasteiger charge is 2.19. The van der Waals surface area contributed by atoms with Gasteiger partial charge in [0, 0.05) is 13.1 Å². The summed E-state index contributed by atoms with van der Waals surface area (Å²) in [5.41, 5.74) is -0.965. The Morgan fingerprint density at radius 3 is 1.67 bits per heavy atom. The van der Waals surface area contributed by atoms with Crippen molar-refractivity contribution < 1.29 is 0 Å². The number of H-pyrrole nitrogens is 1. The highest BCUT2D eigenvalue weighted by Crippen LogP contribution is 2.29. The molecule has 1 rings (SSSR count). The molecule has 8 heteroatoms. The third-order valence-electron chi connectivity index (χ3n) is 6.13. The molecule has 0 aliphatic heterocycles. The molecular weight excluding hydrogens is 454 g/mol. The van der Waals surface area contributed by atoms with Crippen molar-refractivity contribution in [2.24, 2.45) is 16.7 Å². The Hall–Kier alpha value is -0.890. The molecule has 6 nitrogen and oxygen atoms in total. The lowest BCUT2D eigenvalue weighted by atomic mass is 9.80. The molecule has 0 aliphatic rings. The summed E-state index contributed by atoms with van der Waals surface area (Å²) in [5, 5.41) is 0. The van der Waals surface area contributed by atoms with Gasteiger partial charge in [0.05, 0.1) is 0 Å². The molecule has 0 bridgehead atoms. The first kappa shape index (κ1) is 30.1. The molecule has 1 aromatic heterocycles. The van der Waals surface area contributed by atoms with Crippen molar-refractivity contribution in [2.75, 3.05) is 23.0 Å². The lowest BCUT2D eigenvalue weighted by Crippen LogP contribution is -2.49. The minimum absolute atomic E-state index is 0.348. The molecule has 0 radical (unpaired) electrons. The maximum Gasteiger partial charge on any atom is 0.336 e. The van der Waals surface area contributed by atoms with Crippen LogP contribution in [0.25, 0.3) is 0 Å². The fourth-order valence-electron chi connectivity index (χ4n) is 3.42. The maximum absolute atomic E-state index is 12.7. The van der Waals surface area contributed by atoms with Gasteiger partial charge in [-0.2, -0.15) is 23.5 Å². The second-order valence-corrected chi connectivity index (χ2v) is 13.8. The topological polar surface area (TPSA) is 76.9 Å². The van der Waals surface area contributed by atoms with E-state index in [0.717, 1.165) is 35.9 Å². The summed E-state index contributed by atoms with van der Waals surface area (Å²) in [7, 11) is 0. The molecule has 1 N–H and O–H groups in total. The van der Waals surface area contributed by atoms with E-state index >= 15 is 0 Å². The molecule has 0 amide bonds. The first-order chi connectivity index (χ1) is 15.3. The lowest BCUT2D eigenvalue weighted by molar-refractivity contribution is 0.246. The second-order valence-electron chi connectivity index (χ2n) is 11.3. The molecular formula is C25H47N3O3S2. The van der Waals surface area contributed by atoms with Gasteiger partial charge in [-0.3, -0.25) is 4.98 Å². The standard InChI is InChI=1S/C25H47N3O3S2/c1-20(25(5,6)7)12-8-16-32-18-10-14-27-21(29)26-22(30)28(23(27)31)15-11-19-33-17-9-13-24(2,3)4/h20H,8-19H2,1-7H3,(H,26,29,30). The molecule has 0 saturated carbocycles. The minimum Gasteiger partial charge on any atom is -0.259 e. The van der Waals surface area contributed by atoms with Crippen LogP contribution in [0, 0.1) is 16.7 Å². The van der Waals surface area contributed by atoms with Gasteiger partial charge in [-0.1, -0.05) is 48.5 Å². The van der Waals surface area contributed by atoms with E-state index in [1.807, 2.05) is 23.5 Å². The fourth-order valence-corrected chi connectivity index (χ4v) is 5.22. The van der Waals surface area contributed by atoms with Crippen LogP contribution in [0.2, 0.25) is 0 Å². The number of nitrogens with zero attached hydrogens (tertiary/aromatic N) is 2. The lowest BCUT2D eigenvalue weighted by Gasteiger charge is -2.27. The van der Waals surface area contributed by atoms with Gasteiger partial charge in [0.2, 0.25) is 0 Å². The summed E-state index contributed by atoms with van der Waals surface area (Å²) in [6, 6.07) is 0. The molecule has 1 heterocycles. The van der Waals surface area contributed by atoms with Crippen molar-refractivity contribution >= 4 is 23.5 Å². The maximum atomic E-state index is 12.7. The summed E-state index contributed by atoms with van der Waals surface area (Å²) < 4.78 is 2.36. The molecule has 0 aromatic carbocycles. The minimum atomic E-state index is -0.596. The zero-order valence-electron chi connectivity index (χ0n) is 22.0. The third kappa shape index (κ3) is 12.4. The zero-order chi connectivity index (χ0) is 25.1. The third-order valence-corrected chi connectivity index (χ3v) is 8.44. The summed E-state index contributed by atoms with van der Waals surface area (Å²) in [5.74, 6) is 4.69. The molecule has 0 saturated heterocycles. The predicted molar refractivity (Wildman–Crippen MR) is 146 cm³/mol. The highest BCUT2D eigenvalue weighted by atomic mass is 32.2. The van der Waals surface area contributed by atoms with Gasteiger partial charge < -0.3 is 0 Å². The monoisotopic (exact) mass is 501 g/mol. The SMILES string of the molecule is CC(CCCSCCCn1c(=O)[nH]c(=O)n(CCCSCCCC(C)(C)C)c1=O)C(C)(C)C. The molecule has 0 fully saturated rings. The van der Waals surface area contributed by atoms with Gasteiger partial charge in [0.15, 0.2) is 0 Å². The Morgan fingerprint density at radius 1 is 0.758 bits per heavy atom. The van der Waals surface area contributed by atoms with E-state index < -0.39 is 17.1 Å². The van der Waals surface area contributed by atoms with Crippen molar-refractivity contribution in [3.63, 3.8) is 0 Å². The van der Waals surface area contributed by atoms with Crippen LogP contribution in [0.15, 0.2) is 14.4 Å². The summed E-state index contributed by atoms with van der Waals surface area (Å²) in [6.07, 6.45) is 6.25. The van der Waals surface area contributed by atoms with Crippen LogP contribution in [0.3, 0.4) is 0 Å². The van der Waals surface area contributed by atoms with Crippen molar-refractivity contribution in [1.82, 2.24) is 14.1 Å². The Morgan fingerprint density at radius 2 is 1.21 bits per heavy atom. The Labute approximate surface area is 208 Å². The van der Waals surface area contributed by atoms with Crippen LogP contribution in [-0.4, -0.2) is 37.1 Å². The number of rotatable bonds is 15. The molecule has 1 atom stereocenters. The second kappa shape index (κ2) is 14.5. The normalized spacial score (nSPS) is 13.4. The van der Waals surface area contributed by atoms with Crippen LogP contribution in [0.5, 0.6) is 0 Å². The van der Waals surface area contributed by atoms with Crippen molar-refractivity contribution in [3.05, 3.63) is 31.5 Å². The smallest absolute Gasteiger partial charge is 0.259 e. The van der Waals surface area contributed by atoms with Gasteiger partial charge in [0.25, 0.3) is 0 Å². The highest BCUT2D eigenvalue weighted by molar-refractivity contribution is 7.99. The average Bonchev–Trinajstić information content (AvgIpc) is 2.68. The van der Waals surface area contributed by atoms with Crippen molar-refractivity contribution in [2.45, 2.75) is 100 Å². The van der Waals surface area contributed by atoms with Gasteiger partial charge in [-0.25, -0.2) is 23.5 Å². The number of aromatic amines is 1. The molecule has 1 aromatic rings. The first-order valence-electron chi connectivity index (χ1n) is 12.4. The summed E-state index contributed by atoms with van der Waals surface area (Å²) in [4.78, 5) is 39.3. The van der Waals surface area contributed by atoms with Crippen molar-refractivity contribution in [1.29, 1.82) is 0 Å². The van der Waals surface area contributed by atoms with Crippen LogP contribution in [-0.2, 0) is 13.1 Å². The van der Waals surface area contributed by atoms with Crippen LogP contribution in [0.4, 0.5) is 0 Å². The van der Waals surface area contributed by atoms with Crippen LogP contribution >= 0.6 is 23.5 Å². The Balaban J connectivity index is 2.41. The van der Waals surface area contributed by atoms with E-state index in [-0.39, 0.29) is 0 Å². The largest absolute Gasteiger partial charge is 0.336 e. The summed E-state index contributed by atoms with van der Waals surface area (Å²) >= 11 is 3.73. The summed E-state index contributed by atoms with van der Waals surface area (Å²) in [6.45, 7) is 16.6. The number of hydrogen-bond donors (Lipinski definition) is 1. The number of hydrogen-bond acceptors (Lipinski definition) is 5. The Kier molecular flexibility index (Phi) is 13.2. The van der Waals surface area contributed by atoms with E-state index in [9.17, 15) is 14.4 Å². The first-order valence-corrected chi connectivity index (χ1v) is 14.7. The van der Waals surface area contributed by atoms with Crippen LogP contribution < -0.4 is 17.1 Å². The van der Waals surface area contributed by atoms with Gasteiger partial charge in [0.1, 0.15) is 0 Å². The quantitative estimate of drug-likeness (QED) is 0.333. The Bertz CT molecular complexity index is 860. The predicted octanol–water partition coefficient (Wildman–Crippen LogP) is 5.23. The van der Waals surface area contributed by atoms with Gasteiger partial charge >= 0.3 is 17.1 Å². The molecule has 0 aliphatic carbocycles. The number of thioether (sulfide) groups is 2. The number of nitrogens with one attached hydrogen (secondary N) is 1. The van der Waals surface area contributed by atoms with E-state index in [2.05, 4.69) is 53.5 Å². The van der Waals surface area contributed by atoms with E-state index in [1.165, 1.54) is 34.8 Å². The van der Waals surface area contributed by atoms with Crippen molar-refractivity contribution in [3.8, 4) is 0 Å². The van der Waals surface area contributed by atoms with Gasteiger partial charge in [-0.05, 0) is 78.3 Å². The molecule has 192 valence electrons. The van der Waals surface area contributed by atoms with Gasteiger partial charge in [-0.15, -0.1) is 0 Å². The van der Waals surface area contributed by atoms with E-state index in [0.29, 0.717) is 29.8 Å². The van der Waals surface area contributed by atoms with E-state index in [4.69, 9.17) is 0 Å².